The van der Waals surface area contributed by atoms with Crippen molar-refractivity contribution in [3.63, 3.8) is 0 Å². The van der Waals surface area contributed by atoms with Crippen molar-refractivity contribution in [2.45, 2.75) is 30.2 Å². The highest BCUT2D eigenvalue weighted by Gasteiger charge is 2.41. The van der Waals surface area contributed by atoms with Gasteiger partial charge in [-0.15, -0.1) is 0 Å². The van der Waals surface area contributed by atoms with Gasteiger partial charge in [0, 0.05) is 11.1 Å². The van der Waals surface area contributed by atoms with Gasteiger partial charge in [-0.1, -0.05) is 123 Å². The largest absolute Gasteiger partial charge is 0.376 e. The summed E-state index contributed by atoms with van der Waals surface area (Å²) >= 11 is 0. The lowest BCUT2D eigenvalue weighted by Gasteiger charge is -2.37. The minimum Gasteiger partial charge on any atom is -0.376 e. The van der Waals surface area contributed by atoms with Crippen molar-refractivity contribution in [2.75, 3.05) is 0 Å². The molecule has 0 bridgehead atoms. The quantitative estimate of drug-likeness (QED) is 0.112. The number of rotatable bonds is 5. The molecule has 1 aromatic heterocycles. The third kappa shape index (κ3) is 4.61. The molecule has 0 atom stereocenters. The average molecular weight is 652 g/mol. The molecule has 6 radical (unpaired) electrons. The summed E-state index contributed by atoms with van der Waals surface area (Å²) in [7, 11) is 18.4. The van der Waals surface area contributed by atoms with Gasteiger partial charge in [0.2, 0.25) is 0 Å². The van der Waals surface area contributed by atoms with Crippen molar-refractivity contribution >= 4 is 56.1 Å². The molecule has 1 aliphatic carbocycles. The second-order valence-electron chi connectivity index (χ2n) is 14.2. The van der Waals surface area contributed by atoms with Gasteiger partial charge in [0.15, 0.2) is 7.85 Å². The molecule has 0 spiro atoms. The van der Waals surface area contributed by atoms with Crippen LogP contribution >= 0.6 is 0 Å². The Labute approximate surface area is 300 Å². The predicted molar refractivity (Wildman–Crippen MR) is 211 cm³/mol. The number of aromatic nitrogens is 2. The maximum atomic E-state index is 10.4. The molecule has 7 aromatic carbocycles. The fourth-order valence-electron chi connectivity index (χ4n) is 8.14. The first kappa shape index (κ1) is 31.6. The summed E-state index contributed by atoms with van der Waals surface area (Å²) in [6.45, 7) is 4.63. The van der Waals surface area contributed by atoms with Gasteiger partial charge in [0.25, 0.3) is 0 Å². The Kier molecular flexibility index (Phi) is 6.86. The SMILES string of the molecule is [B]C(O)(O)C([B])([B])c1nc2ccccc2n1-c1cccc(-c2c3ccccc3c(-c3ccc4c(c3)C(C)(C)c3ccccc3-4)c3ccccc23)c1. The van der Waals surface area contributed by atoms with Gasteiger partial charge in [-0.2, -0.15) is 0 Å². The van der Waals surface area contributed by atoms with Crippen molar-refractivity contribution in [2.24, 2.45) is 0 Å². The highest BCUT2D eigenvalue weighted by atomic mass is 16.5. The van der Waals surface area contributed by atoms with Crippen LogP contribution in [-0.4, -0.2) is 49.0 Å². The molecule has 8 aromatic rings. The molecule has 0 saturated heterocycles. The number of benzene rings is 7. The molecule has 238 valence electrons. The van der Waals surface area contributed by atoms with Crippen LogP contribution in [0.5, 0.6) is 0 Å². The lowest BCUT2D eigenvalue weighted by atomic mass is 9.45. The van der Waals surface area contributed by atoms with Crippen LogP contribution in [0, 0.1) is 0 Å². The van der Waals surface area contributed by atoms with Gasteiger partial charge in [-0.3, -0.25) is 4.57 Å². The van der Waals surface area contributed by atoms with Crippen LogP contribution < -0.4 is 0 Å². The zero-order chi connectivity index (χ0) is 35.3. The first-order valence-corrected chi connectivity index (χ1v) is 17.1. The van der Waals surface area contributed by atoms with Gasteiger partial charge < -0.3 is 10.2 Å². The Hall–Kier alpha value is -5.36. The van der Waals surface area contributed by atoms with E-state index in [1.165, 1.54) is 33.4 Å². The zero-order valence-electron chi connectivity index (χ0n) is 28.3. The van der Waals surface area contributed by atoms with Crippen LogP contribution in [0.4, 0.5) is 0 Å². The van der Waals surface area contributed by atoms with E-state index in [0.29, 0.717) is 16.7 Å². The first-order valence-electron chi connectivity index (χ1n) is 17.1. The Bertz CT molecular complexity index is 2650. The van der Waals surface area contributed by atoms with Crippen LogP contribution in [0.2, 0.25) is 0 Å². The Morgan fingerprint density at radius 1 is 0.569 bits per heavy atom. The molecule has 0 aliphatic heterocycles. The second kappa shape index (κ2) is 11.1. The van der Waals surface area contributed by atoms with Gasteiger partial charge in [0.1, 0.15) is 11.5 Å². The Balaban J connectivity index is 1.29. The lowest BCUT2D eigenvalue weighted by molar-refractivity contribution is -0.100. The van der Waals surface area contributed by atoms with Gasteiger partial charge in [0.05, 0.1) is 26.7 Å². The van der Waals surface area contributed by atoms with E-state index in [0.717, 1.165) is 32.7 Å². The van der Waals surface area contributed by atoms with Crippen molar-refractivity contribution < 1.29 is 10.2 Å². The minimum absolute atomic E-state index is 0.0140. The van der Waals surface area contributed by atoms with Crippen LogP contribution in [-0.2, 0) is 10.6 Å². The third-order valence-electron chi connectivity index (χ3n) is 10.7. The maximum absolute atomic E-state index is 10.4. The van der Waals surface area contributed by atoms with Crippen molar-refractivity contribution in [1.82, 2.24) is 9.55 Å². The van der Waals surface area contributed by atoms with Crippen LogP contribution in [0.15, 0.2) is 140 Å². The topological polar surface area (TPSA) is 58.3 Å². The average Bonchev–Trinajstić information content (AvgIpc) is 3.63. The second-order valence-corrected chi connectivity index (χ2v) is 14.2. The number of hydrogen-bond donors (Lipinski definition) is 2. The molecule has 51 heavy (non-hydrogen) atoms. The Morgan fingerprint density at radius 2 is 1.12 bits per heavy atom. The summed E-state index contributed by atoms with van der Waals surface area (Å²) in [6.07, 6.45) is 0. The number of para-hydroxylation sites is 2. The number of imidazole rings is 1. The predicted octanol–water partition coefficient (Wildman–Crippen LogP) is 8.27. The van der Waals surface area contributed by atoms with Crippen LogP contribution in [0.25, 0.3) is 71.6 Å². The van der Waals surface area contributed by atoms with Gasteiger partial charge in [-0.25, -0.2) is 4.98 Å². The van der Waals surface area contributed by atoms with E-state index in [1.54, 1.807) is 4.57 Å². The molecule has 0 saturated carbocycles. The molecule has 4 nitrogen and oxygen atoms in total. The summed E-state index contributed by atoms with van der Waals surface area (Å²) in [6, 6.07) is 48.3. The lowest BCUT2D eigenvalue weighted by Crippen LogP contribution is -2.54. The summed E-state index contributed by atoms with van der Waals surface area (Å²) in [4.78, 5) is 4.64. The van der Waals surface area contributed by atoms with Crippen LogP contribution in [0.1, 0.15) is 30.8 Å². The molecule has 1 aliphatic rings. The fraction of sp³-hybridized carbons (Fsp3) is 0.114. The molecule has 0 unspecified atom stereocenters. The molecule has 2 N–H and O–H groups in total. The molecule has 7 heteroatoms. The fourth-order valence-corrected chi connectivity index (χ4v) is 8.14. The van der Waals surface area contributed by atoms with E-state index in [-0.39, 0.29) is 11.2 Å². The van der Waals surface area contributed by atoms with Crippen molar-refractivity contribution in [1.29, 1.82) is 0 Å². The highest BCUT2D eigenvalue weighted by Crippen LogP contribution is 2.51. The normalized spacial score (nSPS) is 13.9. The molecule has 0 amide bonds. The Morgan fingerprint density at radius 3 is 1.76 bits per heavy atom. The monoisotopic (exact) mass is 652 g/mol. The third-order valence-corrected chi connectivity index (χ3v) is 10.7. The summed E-state index contributed by atoms with van der Waals surface area (Å²) in [5.74, 6) is 0.0140. The van der Waals surface area contributed by atoms with Crippen molar-refractivity contribution in [3.05, 3.63) is 156 Å². The molecule has 0 fully saturated rings. The summed E-state index contributed by atoms with van der Waals surface area (Å²) in [5, 5.41) is 23.1. The summed E-state index contributed by atoms with van der Waals surface area (Å²) in [5.41, 5.74) is 8.61. The van der Waals surface area contributed by atoms with E-state index < -0.39 is 10.9 Å². The number of aliphatic hydroxyl groups is 2. The number of hydrogen-bond acceptors (Lipinski definition) is 3. The zero-order valence-corrected chi connectivity index (χ0v) is 28.3. The van der Waals surface area contributed by atoms with Gasteiger partial charge in [-0.05, 0) is 102 Å². The number of fused-ring (bicyclic) bond motifs is 6. The van der Waals surface area contributed by atoms with Gasteiger partial charge >= 0.3 is 0 Å². The maximum Gasteiger partial charge on any atom is 0.152 e. The van der Waals surface area contributed by atoms with E-state index in [9.17, 15) is 10.2 Å². The van der Waals surface area contributed by atoms with Crippen LogP contribution in [0.3, 0.4) is 0 Å². The molecule has 1 heterocycles. The molecular weight excluding hydrogens is 621 g/mol. The summed E-state index contributed by atoms with van der Waals surface area (Å²) < 4.78 is 1.75. The standard InChI is InChI=1S/C44H31B3N2O2/c1-42(2)35-19-8-7-14-29(35)30-23-22-27(25-36(30)42)40-33-17-5-3-15-31(33)39(32-16-4-6-18-34(32)40)26-12-11-13-28(24-26)49-38-21-10-9-20-37(38)48-41(49)43(45,46)44(47,50)51/h3-25,50-51H,1-2H3. The van der Waals surface area contributed by atoms with E-state index in [1.807, 2.05) is 36.4 Å². The smallest absolute Gasteiger partial charge is 0.152 e. The first-order chi connectivity index (χ1) is 24.5. The van der Waals surface area contributed by atoms with E-state index >= 15 is 0 Å². The highest BCUT2D eigenvalue weighted by molar-refractivity contribution is 6.44. The molecular formula is C44H31B3N2O2. The van der Waals surface area contributed by atoms with E-state index in [2.05, 4.69) is 122 Å². The van der Waals surface area contributed by atoms with Crippen molar-refractivity contribution in [3.8, 4) is 39.1 Å². The minimum atomic E-state index is -2.94. The van der Waals surface area contributed by atoms with E-state index in [4.69, 9.17) is 23.5 Å². The molecule has 9 rings (SSSR count). The number of nitrogens with zero attached hydrogens (tertiary/aromatic N) is 2.